The van der Waals surface area contributed by atoms with Crippen molar-refractivity contribution in [2.75, 3.05) is 17.2 Å². The maximum atomic E-state index is 13.0. The zero-order chi connectivity index (χ0) is 15.2. The summed E-state index contributed by atoms with van der Waals surface area (Å²) < 4.78 is 13.0. The monoisotopic (exact) mass is 306 g/mol. The second-order valence-corrected chi connectivity index (χ2v) is 5.11. The maximum Gasteiger partial charge on any atom is 0.226 e. The second kappa shape index (κ2) is 7.09. The van der Waals surface area contributed by atoms with E-state index in [1.54, 1.807) is 24.3 Å². The van der Waals surface area contributed by atoms with Crippen molar-refractivity contribution >= 4 is 28.9 Å². The molecule has 2 rings (SSSR count). The molecule has 0 unspecified atom stereocenters. The van der Waals surface area contributed by atoms with Gasteiger partial charge in [-0.15, -0.1) is 0 Å². The molecule has 0 atom stereocenters. The first-order chi connectivity index (χ1) is 10.0. The van der Waals surface area contributed by atoms with Gasteiger partial charge in [0.05, 0.1) is 0 Å². The van der Waals surface area contributed by atoms with Crippen LogP contribution in [-0.2, 0) is 4.79 Å². The molecule has 0 spiro atoms. The Balaban J connectivity index is 1.81. The van der Waals surface area contributed by atoms with Crippen LogP contribution in [0.1, 0.15) is 12.0 Å². The molecule has 0 aliphatic carbocycles. The Morgan fingerprint density at radius 1 is 1.19 bits per heavy atom. The molecule has 0 aliphatic heterocycles. The summed E-state index contributed by atoms with van der Waals surface area (Å²) in [4.78, 5) is 11.8. The summed E-state index contributed by atoms with van der Waals surface area (Å²) in [6, 6.07) is 11.5. The van der Waals surface area contributed by atoms with Crippen molar-refractivity contribution in [2.45, 2.75) is 13.3 Å². The molecule has 0 fully saturated rings. The van der Waals surface area contributed by atoms with Gasteiger partial charge in [-0.25, -0.2) is 4.39 Å². The van der Waals surface area contributed by atoms with E-state index in [1.807, 2.05) is 13.0 Å². The highest BCUT2D eigenvalue weighted by Gasteiger charge is 2.04. The molecular formula is C16H16ClFN2O. The molecule has 0 aliphatic rings. The Morgan fingerprint density at radius 3 is 2.71 bits per heavy atom. The minimum Gasteiger partial charge on any atom is -0.384 e. The molecule has 0 radical (unpaired) electrons. The molecule has 0 bridgehead atoms. The van der Waals surface area contributed by atoms with Crippen LogP contribution in [0.3, 0.4) is 0 Å². The van der Waals surface area contributed by atoms with Crippen LogP contribution in [-0.4, -0.2) is 12.5 Å². The standard InChI is InChI=1S/C16H16ClFN2O/c1-11-5-6-14(10-15(11)17)20-16(21)7-8-19-13-4-2-3-12(18)9-13/h2-6,9-10,19H,7-8H2,1H3,(H,20,21). The summed E-state index contributed by atoms with van der Waals surface area (Å²) in [5, 5.41) is 6.38. The quantitative estimate of drug-likeness (QED) is 0.868. The summed E-state index contributed by atoms with van der Waals surface area (Å²) in [6.45, 7) is 2.33. The number of aryl methyl sites for hydroxylation is 1. The van der Waals surface area contributed by atoms with E-state index in [9.17, 15) is 9.18 Å². The van der Waals surface area contributed by atoms with Gasteiger partial charge in [0.2, 0.25) is 5.91 Å². The average molecular weight is 307 g/mol. The Labute approximate surface area is 128 Å². The molecule has 0 aromatic heterocycles. The van der Waals surface area contributed by atoms with Crippen LogP contribution in [0.5, 0.6) is 0 Å². The largest absolute Gasteiger partial charge is 0.384 e. The van der Waals surface area contributed by atoms with Gasteiger partial charge in [-0.2, -0.15) is 0 Å². The third-order valence-corrected chi connectivity index (χ3v) is 3.37. The number of amides is 1. The number of carbonyl (C=O) groups excluding carboxylic acids is 1. The van der Waals surface area contributed by atoms with E-state index in [2.05, 4.69) is 10.6 Å². The highest BCUT2D eigenvalue weighted by Crippen LogP contribution is 2.20. The van der Waals surface area contributed by atoms with Gasteiger partial charge in [0.25, 0.3) is 0 Å². The van der Waals surface area contributed by atoms with E-state index in [4.69, 9.17) is 11.6 Å². The Hall–Kier alpha value is -2.07. The molecule has 0 saturated heterocycles. The fraction of sp³-hybridized carbons (Fsp3) is 0.188. The lowest BCUT2D eigenvalue weighted by Gasteiger charge is -2.08. The summed E-state index contributed by atoms with van der Waals surface area (Å²) >= 11 is 6.00. The highest BCUT2D eigenvalue weighted by molar-refractivity contribution is 6.31. The van der Waals surface area contributed by atoms with Crippen LogP contribution in [0.15, 0.2) is 42.5 Å². The number of carbonyl (C=O) groups is 1. The highest BCUT2D eigenvalue weighted by atomic mass is 35.5. The van der Waals surface area contributed by atoms with Crippen molar-refractivity contribution in [2.24, 2.45) is 0 Å². The Morgan fingerprint density at radius 2 is 2.00 bits per heavy atom. The SMILES string of the molecule is Cc1ccc(NC(=O)CCNc2cccc(F)c2)cc1Cl. The van der Waals surface area contributed by atoms with Crippen LogP contribution >= 0.6 is 11.6 Å². The van der Waals surface area contributed by atoms with E-state index in [0.717, 1.165) is 5.56 Å². The van der Waals surface area contributed by atoms with Crippen molar-refractivity contribution in [1.82, 2.24) is 0 Å². The van der Waals surface area contributed by atoms with Gasteiger partial charge in [0.15, 0.2) is 0 Å². The number of nitrogens with one attached hydrogen (secondary N) is 2. The molecule has 0 saturated carbocycles. The van der Waals surface area contributed by atoms with E-state index in [-0.39, 0.29) is 18.1 Å². The van der Waals surface area contributed by atoms with Crippen molar-refractivity contribution in [3.8, 4) is 0 Å². The molecule has 2 aromatic rings. The fourth-order valence-electron chi connectivity index (χ4n) is 1.81. The number of rotatable bonds is 5. The Kier molecular flexibility index (Phi) is 5.17. The Bertz CT molecular complexity index is 646. The predicted molar refractivity (Wildman–Crippen MR) is 84.3 cm³/mol. The number of hydrogen-bond acceptors (Lipinski definition) is 2. The first-order valence-electron chi connectivity index (χ1n) is 6.60. The lowest BCUT2D eigenvalue weighted by Crippen LogP contribution is -2.16. The topological polar surface area (TPSA) is 41.1 Å². The van der Waals surface area contributed by atoms with Crippen LogP contribution in [0.25, 0.3) is 0 Å². The number of benzene rings is 2. The molecule has 2 aromatic carbocycles. The third kappa shape index (κ3) is 4.76. The van der Waals surface area contributed by atoms with Crippen molar-refractivity contribution in [3.63, 3.8) is 0 Å². The summed E-state index contributed by atoms with van der Waals surface area (Å²) in [5.41, 5.74) is 2.28. The molecule has 110 valence electrons. The van der Waals surface area contributed by atoms with Gasteiger partial charge in [-0.3, -0.25) is 4.79 Å². The van der Waals surface area contributed by atoms with E-state index in [0.29, 0.717) is 22.9 Å². The van der Waals surface area contributed by atoms with Crippen molar-refractivity contribution < 1.29 is 9.18 Å². The molecule has 0 heterocycles. The fourth-order valence-corrected chi connectivity index (χ4v) is 1.99. The molecule has 1 amide bonds. The van der Waals surface area contributed by atoms with Gasteiger partial charge >= 0.3 is 0 Å². The number of anilines is 2. The normalized spacial score (nSPS) is 10.2. The van der Waals surface area contributed by atoms with Gasteiger partial charge in [-0.05, 0) is 42.8 Å². The smallest absolute Gasteiger partial charge is 0.226 e. The zero-order valence-electron chi connectivity index (χ0n) is 11.6. The van der Waals surface area contributed by atoms with Gasteiger partial charge in [-0.1, -0.05) is 23.7 Å². The minimum absolute atomic E-state index is 0.126. The molecule has 2 N–H and O–H groups in total. The molecule has 21 heavy (non-hydrogen) atoms. The lowest BCUT2D eigenvalue weighted by molar-refractivity contribution is -0.115. The van der Waals surface area contributed by atoms with Crippen LogP contribution < -0.4 is 10.6 Å². The maximum absolute atomic E-state index is 13.0. The van der Waals surface area contributed by atoms with Crippen LogP contribution in [0.2, 0.25) is 5.02 Å². The summed E-state index contributed by atoms with van der Waals surface area (Å²) in [6.07, 6.45) is 0.280. The number of halogens is 2. The van der Waals surface area contributed by atoms with Gasteiger partial charge < -0.3 is 10.6 Å². The first kappa shape index (κ1) is 15.3. The minimum atomic E-state index is -0.307. The third-order valence-electron chi connectivity index (χ3n) is 2.96. The summed E-state index contributed by atoms with van der Waals surface area (Å²) in [7, 11) is 0. The van der Waals surface area contributed by atoms with Crippen molar-refractivity contribution in [3.05, 3.63) is 58.9 Å². The lowest BCUT2D eigenvalue weighted by atomic mass is 10.2. The van der Waals surface area contributed by atoms with Crippen LogP contribution in [0.4, 0.5) is 15.8 Å². The van der Waals surface area contributed by atoms with Crippen molar-refractivity contribution in [1.29, 1.82) is 0 Å². The second-order valence-electron chi connectivity index (χ2n) is 4.70. The molecular weight excluding hydrogens is 291 g/mol. The molecule has 3 nitrogen and oxygen atoms in total. The van der Waals surface area contributed by atoms with Crippen LogP contribution in [0, 0.1) is 12.7 Å². The van der Waals surface area contributed by atoms with Gasteiger partial charge in [0.1, 0.15) is 5.82 Å². The number of hydrogen-bond donors (Lipinski definition) is 2. The average Bonchev–Trinajstić information content (AvgIpc) is 2.43. The predicted octanol–water partition coefficient (Wildman–Crippen LogP) is 4.23. The first-order valence-corrected chi connectivity index (χ1v) is 6.98. The zero-order valence-corrected chi connectivity index (χ0v) is 12.4. The molecule has 5 heteroatoms. The van der Waals surface area contributed by atoms with Gasteiger partial charge in [0, 0.05) is 29.4 Å². The summed E-state index contributed by atoms with van der Waals surface area (Å²) in [5.74, 6) is -0.433. The van der Waals surface area contributed by atoms with E-state index >= 15 is 0 Å². The van der Waals surface area contributed by atoms with E-state index < -0.39 is 0 Å². The van der Waals surface area contributed by atoms with E-state index in [1.165, 1.54) is 12.1 Å².